The maximum atomic E-state index is 5.54. The molecule has 0 radical (unpaired) electrons. The number of hydrogen-bond donors (Lipinski definition) is 0. The Morgan fingerprint density at radius 1 is 1.18 bits per heavy atom. The quantitative estimate of drug-likeness (QED) is 0.575. The van der Waals surface area contributed by atoms with Gasteiger partial charge in [0, 0.05) is 18.5 Å². The van der Waals surface area contributed by atoms with Gasteiger partial charge in [-0.1, -0.05) is 37.7 Å². The van der Waals surface area contributed by atoms with Gasteiger partial charge >= 0.3 is 0 Å². The lowest BCUT2D eigenvalue weighted by atomic mass is 9.97. The van der Waals surface area contributed by atoms with Gasteiger partial charge in [-0.05, 0) is 12.1 Å². The van der Waals surface area contributed by atoms with Crippen LogP contribution in [0.1, 0.15) is 38.2 Å². The Balaban J connectivity index is 1.54. The van der Waals surface area contributed by atoms with E-state index in [2.05, 4.69) is 29.8 Å². The minimum absolute atomic E-state index is 0.168. The van der Waals surface area contributed by atoms with Gasteiger partial charge in [0.15, 0.2) is 11.0 Å². The Bertz CT molecular complexity index is 893. The maximum absolute atomic E-state index is 5.54. The van der Waals surface area contributed by atoms with Crippen LogP contribution in [0.15, 0.2) is 32.5 Å². The second kappa shape index (κ2) is 7.96. The topological polar surface area (TPSA) is 95.2 Å². The van der Waals surface area contributed by atoms with E-state index in [1.54, 1.807) is 6.26 Å². The van der Waals surface area contributed by atoms with E-state index >= 15 is 0 Å². The van der Waals surface area contributed by atoms with Crippen LogP contribution in [0.2, 0.25) is 0 Å². The molecule has 4 heterocycles. The molecule has 1 fully saturated rings. The van der Waals surface area contributed by atoms with Crippen molar-refractivity contribution in [2.75, 3.05) is 31.2 Å². The van der Waals surface area contributed by atoms with Crippen LogP contribution in [0.5, 0.6) is 0 Å². The second-order valence-electron chi connectivity index (χ2n) is 7.60. The zero-order valence-electron chi connectivity index (χ0n) is 16.3. The summed E-state index contributed by atoms with van der Waals surface area (Å²) in [4.78, 5) is 6.69. The van der Waals surface area contributed by atoms with Crippen molar-refractivity contribution in [1.82, 2.24) is 24.9 Å². The molecule has 0 aliphatic carbocycles. The molecule has 28 heavy (non-hydrogen) atoms. The highest BCUT2D eigenvalue weighted by Crippen LogP contribution is 2.27. The first-order valence-electron chi connectivity index (χ1n) is 9.25. The summed E-state index contributed by atoms with van der Waals surface area (Å²) >= 11 is 1.54. The molecule has 1 saturated heterocycles. The number of furan rings is 1. The van der Waals surface area contributed by atoms with E-state index in [1.807, 2.05) is 32.9 Å². The largest absolute Gasteiger partial charge is 0.467 e. The van der Waals surface area contributed by atoms with E-state index in [-0.39, 0.29) is 5.41 Å². The summed E-state index contributed by atoms with van der Waals surface area (Å²) < 4.78 is 18.4. The van der Waals surface area contributed by atoms with Gasteiger partial charge in [0.1, 0.15) is 5.76 Å². The van der Waals surface area contributed by atoms with Crippen molar-refractivity contribution in [3.05, 3.63) is 35.9 Å². The molecule has 0 bridgehead atoms. The van der Waals surface area contributed by atoms with E-state index in [1.165, 1.54) is 11.8 Å². The van der Waals surface area contributed by atoms with Crippen molar-refractivity contribution in [1.29, 1.82) is 0 Å². The normalized spacial score (nSPS) is 15.3. The zero-order chi connectivity index (χ0) is 19.6. The van der Waals surface area contributed by atoms with Crippen molar-refractivity contribution in [2.45, 2.75) is 43.6 Å². The third-order valence-corrected chi connectivity index (χ3v) is 5.29. The fourth-order valence-corrected chi connectivity index (χ4v) is 3.60. The van der Waals surface area contributed by atoms with Crippen molar-refractivity contribution < 1.29 is 13.7 Å². The second-order valence-corrected chi connectivity index (χ2v) is 8.54. The van der Waals surface area contributed by atoms with Crippen LogP contribution < -0.4 is 4.90 Å². The molecular formula is C18H24N6O3S. The van der Waals surface area contributed by atoms with Crippen LogP contribution in [0, 0.1) is 0 Å². The summed E-state index contributed by atoms with van der Waals surface area (Å²) in [5.41, 5.74) is -0.168. The van der Waals surface area contributed by atoms with Gasteiger partial charge in [-0.15, -0.1) is 10.2 Å². The van der Waals surface area contributed by atoms with Crippen molar-refractivity contribution in [3.63, 3.8) is 0 Å². The number of nitrogens with zero attached hydrogens (tertiary/aromatic N) is 6. The molecule has 0 spiro atoms. The molecule has 0 atom stereocenters. The molecule has 0 N–H and O–H groups in total. The molecule has 0 amide bonds. The van der Waals surface area contributed by atoms with Crippen LogP contribution >= 0.6 is 11.8 Å². The Morgan fingerprint density at radius 2 is 2.00 bits per heavy atom. The first kappa shape index (κ1) is 19.0. The highest BCUT2D eigenvalue weighted by Gasteiger charge is 2.24. The van der Waals surface area contributed by atoms with Crippen LogP contribution in [0.4, 0.5) is 5.95 Å². The summed E-state index contributed by atoms with van der Waals surface area (Å²) in [6.45, 7) is 9.67. The van der Waals surface area contributed by atoms with Crippen LogP contribution in [0.25, 0.3) is 0 Å². The number of morpholine rings is 1. The van der Waals surface area contributed by atoms with Gasteiger partial charge in [0.2, 0.25) is 11.8 Å². The average Bonchev–Trinajstić information content (AvgIpc) is 3.42. The summed E-state index contributed by atoms with van der Waals surface area (Å²) in [7, 11) is 0. The van der Waals surface area contributed by atoms with E-state index in [9.17, 15) is 0 Å². The van der Waals surface area contributed by atoms with Gasteiger partial charge in [0.25, 0.3) is 0 Å². The minimum atomic E-state index is -0.168. The Morgan fingerprint density at radius 3 is 2.68 bits per heavy atom. The molecule has 0 unspecified atom stereocenters. The molecule has 1 aliphatic rings. The predicted molar refractivity (Wildman–Crippen MR) is 103 cm³/mol. The molecule has 3 aromatic heterocycles. The SMILES string of the molecule is CC(C)(C)c1nc(CSc2nnc(N3CCOCC3)n2Cc2ccco2)no1. The number of hydrogen-bond acceptors (Lipinski definition) is 9. The lowest BCUT2D eigenvalue weighted by Gasteiger charge is -2.27. The van der Waals surface area contributed by atoms with Crippen LogP contribution in [0.3, 0.4) is 0 Å². The summed E-state index contributed by atoms with van der Waals surface area (Å²) in [6, 6.07) is 3.83. The molecular weight excluding hydrogens is 380 g/mol. The lowest BCUT2D eigenvalue weighted by molar-refractivity contribution is 0.121. The van der Waals surface area contributed by atoms with E-state index in [0.717, 1.165) is 30.0 Å². The van der Waals surface area contributed by atoms with Gasteiger partial charge in [-0.25, -0.2) is 0 Å². The number of anilines is 1. The summed E-state index contributed by atoms with van der Waals surface area (Å²) in [6.07, 6.45) is 1.67. The van der Waals surface area contributed by atoms with E-state index in [0.29, 0.717) is 37.2 Å². The van der Waals surface area contributed by atoms with Crippen molar-refractivity contribution in [2.24, 2.45) is 0 Å². The standard InChI is InChI=1S/C18H24N6O3S/c1-18(2,3)15-19-14(22-27-15)12-28-17-21-20-16(23-6-9-25-10-7-23)24(17)11-13-5-4-8-26-13/h4-5,8H,6-7,9-12H2,1-3H3. The molecule has 150 valence electrons. The maximum Gasteiger partial charge on any atom is 0.232 e. The average molecular weight is 404 g/mol. The van der Waals surface area contributed by atoms with Gasteiger partial charge < -0.3 is 18.6 Å². The Labute approximate surface area is 167 Å². The lowest BCUT2D eigenvalue weighted by Crippen LogP contribution is -2.38. The molecule has 10 heteroatoms. The summed E-state index contributed by atoms with van der Waals surface area (Å²) in [5, 5.41) is 13.7. The van der Waals surface area contributed by atoms with Crippen molar-refractivity contribution in [3.8, 4) is 0 Å². The Kier molecular flexibility index (Phi) is 5.40. The fourth-order valence-electron chi connectivity index (χ4n) is 2.83. The van der Waals surface area contributed by atoms with Gasteiger partial charge in [-0.3, -0.25) is 4.57 Å². The molecule has 1 aliphatic heterocycles. The highest BCUT2D eigenvalue weighted by atomic mass is 32.2. The number of aromatic nitrogens is 5. The minimum Gasteiger partial charge on any atom is -0.467 e. The third-order valence-electron chi connectivity index (χ3n) is 4.33. The molecule has 3 aromatic rings. The fraction of sp³-hybridized carbons (Fsp3) is 0.556. The highest BCUT2D eigenvalue weighted by molar-refractivity contribution is 7.98. The van der Waals surface area contributed by atoms with Crippen molar-refractivity contribution >= 4 is 17.7 Å². The number of thioether (sulfide) groups is 1. The monoisotopic (exact) mass is 404 g/mol. The third kappa shape index (κ3) is 4.22. The number of rotatable bonds is 6. The van der Waals surface area contributed by atoms with Gasteiger partial charge in [-0.2, -0.15) is 4.98 Å². The van der Waals surface area contributed by atoms with Crippen LogP contribution in [-0.4, -0.2) is 51.2 Å². The summed E-state index contributed by atoms with van der Waals surface area (Å²) in [5.74, 6) is 3.51. The molecule has 9 nitrogen and oxygen atoms in total. The zero-order valence-corrected chi connectivity index (χ0v) is 17.1. The first-order chi connectivity index (χ1) is 13.5. The smallest absolute Gasteiger partial charge is 0.232 e. The number of ether oxygens (including phenoxy) is 1. The molecule has 4 rings (SSSR count). The first-order valence-corrected chi connectivity index (χ1v) is 10.2. The molecule has 0 aromatic carbocycles. The Hall–Kier alpha value is -2.33. The molecule has 0 saturated carbocycles. The van der Waals surface area contributed by atoms with E-state index in [4.69, 9.17) is 13.7 Å². The van der Waals surface area contributed by atoms with Crippen LogP contribution in [-0.2, 0) is 22.4 Å². The van der Waals surface area contributed by atoms with Gasteiger partial charge in [0.05, 0.1) is 31.8 Å². The predicted octanol–water partition coefficient (Wildman–Crippen LogP) is 2.73. The van der Waals surface area contributed by atoms with E-state index < -0.39 is 0 Å².